The molecule has 0 aromatic carbocycles. The monoisotopic (exact) mass is 548 g/mol. The summed E-state index contributed by atoms with van der Waals surface area (Å²) >= 11 is 0. The molecule has 0 radical (unpaired) electrons. The molecule has 0 amide bonds. The predicted octanol–water partition coefficient (Wildman–Crippen LogP) is -4.59. The number of phosphoric acid groups is 2. The maximum Gasteiger partial charge on any atom is 0.481 e. The van der Waals surface area contributed by atoms with E-state index in [9.17, 15) is 9.13 Å². The van der Waals surface area contributed by atoms with Crippen LogP contribution in [0.2, 0.25) is 0 Å². The van der Waals surface area contributed by atoms with Crippen molar-refractivity contribution >= 4 is 51.3 Å². The fourth-order valence-corrected chi connectivity index (χ4v) is 3.22. The molecule has 1 atom stereocenters. The topological polar surface area (TPSA) is 407 Å². The van der Waals surface area contributed by atoms with E-state index in [1.54, 1.807) is 0 Å². The van der Waals surface area contributed by atoms with Crippen LogP contribution < -0.4 is 34.4 Å². The summed E-state index contributed by atoms with van der Waals surface area (Å²) in [4.78, 5) is 46.4. The minimum absolute atomic E-state index is 0.0417. The summed E-state index contributed by atoms with van der Waals surface area (Å²) in [6.07, 6.45) is 0. The van der Waals surface area contributed by atoms with Gasteiger partial charge in [-0.05, 0) is 0 Å². The number of aliphatic hydroxyl groups is 3. The third-order valence-corrected chi connectivity index (χ3v) is 5.26. The van der Waals surface area contributed by atoms with E-state index < -0.39 is 47.5 Å². The van der Waals surface area contributed by atoms with Crippen LogP contribution in [0.25, 0.3) is 0 Å². The second kappa shape index (κ2) is 13.7. The molecule has 0 aliphatic carbocycles. The van der Waals surface area contributed by atoms with Gasteiger partial charge in [-0.3, -0.25) is 4.52 Å². The van der Waals surface area contributed by atoms with Crippen LogP contribution in [0.4, 0.5) is 35.7 Å². The zero-order valence-corrected chi connectivity index (χ0v) is 19.5. The minimum atomic E-state index is -5.22. The van der Waals surface area contributed by atoms with Crippen molar-refractivity contribution in [2.24, 2.45) is 5.41 Å². The summed E-state index contributed by atoms with van der Waals surface area (Å²) in [5.74, 6) is 0.250. The summed E-state index contributed by atoms with van der Waals surface area (Å²) in [5, 5.41) is 26.5. The van der Waals surface area contributed by atoms with Gasteiger partial charge in [0.25, 0.3) is 0 Å². The van der Waals surface area contributed by atoms with Crippen molar-refractivity contribution < 1.29 is 48.0 Å². The molecular weight excluding hydrogens is 522 g/mol. The normalized spacial score (nSPS) is 13.0. The average Bonchev–Trinajstić information content (AvgIpc) is 2.66. The van der Waals surface area contributed by atoms with Gasteiger partial charge in [-0.15, -0.1) is 0 Å². The molecule has 200 valence electrons. The van der Waals surface area contributed by atoms with E-state index in [0.717, 1.165) is 0 Å². The predicted molar refractivity (Wildman–Crippen MR) is 119 cm³/mol. The van der Waals surface area contributed by atoms with Crippen molar-refractivity contribution in [3.8, 4) is 0 Å². The first-order chi connectivity index (χ1) is 16.0. The van der Waals surface area contributed by atoms with Crippen LogP contribution in [-0.4, -0.2) is 86.3 Å². The van der Waals surface area contributed by atoms with Gasteiger partial charge in [0.05, 0.1) is 31.8 Å². The van der Waals surface area contributed by atoms with Crippen molar-refractivity contribution in [2.75, 3.05) is 60.8 Å². The quantitative estimate of drug-likeness (QED) is 0.138. The van der Waals surface area contributed by atoms with Crippen LogP contribution >= 0.6 is 15.6 Å². The standard InChI is InChI=1S/C5H14O10P2.2C3H6N6/c6-1-5(2-7,3-8)4-14-17(12,13)15-16(9,10)11;2*4-1-7-2(5)9-3(6)8-1/h6-8H,1-4H2,(H,12,13)(H2,9,10,11);2*(H6,4,5,6,7,8,9). The second-order valence-electron chi connectivity index (χ2n) is 6.11. The Morgan fingerprint density at radius 2 is 0.886 bits per heavy atom. The molecule has 2 heterocycles. The van der Waals surface area contributed by atoms with E-state index in [1.807, 2.05) is 0 Å². The molecule has 18 N–H and O–H groups in total. The molecule has 0 aliphatic rings. The molecular formula is C11H26N12O10P2. The first kappa shape index (κ1) is 32.0. The van der Waals surface area contributed by atoms with E-state index >= 15 is 0 Å². The fraction of sp³-hybridized carbons (Fsp3) is 0.455. The Morgan fingerprint density at radius 3 is 1.09 bits per heavy atom. The number of nitrogen functional groups attached to an aromatic ring is 6. The number of nitrogens with zero attached hydrogens (tertiary/aromatic N) is 6. The lowest BCUT2D eigenvalue weighted by Gasteiger charge is -2.27. The van der Waals surface area contributed by atoms with Crippen molar-refractivity contribution in [2.45, 2.75) is 0 Å². The summed E-state index contributed by atoms with van der Waals surface area (Å²) in [6, 6.07) is 0. The summed E-state index contributed by atoms with van der Waals surface area (Å²) in [6.45, 7) is -3.13. The lowest BCUT2D eigenvalue weighted by molar-refractivity contribution is -0.0316. The van der Waals surface area contributed by atoms with Crippen molar-refractivity contribution in [3.63, 3.8) is 0 Å². The fourth-order valence-electron chi connectivity index (χ4n) is 1.52. The molecule has 24 heteroatoms. The average molecular weight is 548 g/mol. The highest BCUT2D eigenvalue weighted by molar-refractivity contribution is 7.60. The minimum Gasteiger partial charge on any atom is -0.396 e. The Bertz CT molecular complexity index is 880. The Hall–Kier alpha value is -3.04. The van der Waals surface area contributed by atoms with Gasteiger partial charge in [0.1, 0.15) is 0 Å². The molecule has 0 aliphatic heterocycles. The number of rotatable bonds is 8. The highest BCUT2D eigenvalue weighted by atomic mass is 31.3. The van der Waals surface area contributed by atoms with Gasteiger partial charge in [-0.1, -0.05) is 0 Å². The van der Waals surface area contributed by atoms with Gasteiger partial charge in [-0.2, -0.15) is 34.2 Å². The highest BCUT2D eigenvalue weighted by Crippen LogP contribution is 2.57. The number of anilines is 6. The molecule has 2 aromatic rings. The largest absolute Gasteiger partial charge is 0.481 e. The lowest BCUT2D eigenvalue weighted by Crippen LogP contribution is -2.38. The molecule has 0 saturated heterocycles. The van der Waals surface area contributed by atoms with E-state index in [4.69, 9.17) is 64.4 Å². The Balaban J connectivity index is 0.000000538. The Morgan fingerprint density at radius 1 is 0.629 bits per heavy atom. The highest BCUT2D eigenvalue weighted by Gasteiger charge is 2.37. The van der Waals surface area contributed by atoms with Gasteiger partial charge in [-0.25, -0.2) is 9.13 Å². The molecule has 22 nitrogen and oxygen atoms in total. The zero-order chi connectivity index (χ0) is 27.4. The van der Waals surface area contributed by atoms with Gasteiger partial charge in [0, 0.05) is 0 Å². The van der Waals surface area contributed by atoms with Gasteiger partial charge < -0.3 is 64.4 Å². The van der Waals surface area contributed by atoms with E-state index in [1.165, 1.54) is 0 Å². The third kappa shape index (κ3) is 14.1. The molecule has 1 unspecified atom stereocenters. The van der Waals surface area contributed by atoms with Gasteiger partial charge in [0.15, 0.2) is 0 Å². The lowest BCUT2D eigenvalue weighted by atomic mass is 9.93. The number of hydrogen-bond donors (Lipinski definition) is 12. The molecule has 35 heavy (non-hydrogen) atoms. The van der Waals surface area contributed by atoms with Gasteiger partial charge in [0.2, 0.25) is 35.7 Å². The SMILES string of the molecule is Nc1nc(N)nc(N)n1.Nc1nc(N)nc(N)n1.O=P(O)(O)OP(=O)(O)OCC(CO)(CO)CO. The smallest absolute Gasteiger partial charge is 0.396 e. The molecule has 0 saturated carbocycles. The molecule has 0 spiro atoms. The van der Waals surface area contributed by atoms with Crippen LogP contribution in [0.15, 0.2) is 0 Å². The van der Waals surface area contributed by atoms with Crippen LogP contribution in [0.1, 0.15) is 0 Å². The number of phosphoric ester groups is 1. The zero-order valence-electron chi connectivity index (χ0n) is 17.7. The summed E-state index contributed by atoms with van der Waals surface area (Å²) in [7, 11) is -10.3. The molecule has 0 fully saturated rings. The maximum absolute atomic E-state index is 11.0. The number of aliphatic hydroxyl groups excluding tert-OH is 3. The van der Waals surface area contributed by atoms with Crippen molar-refractivity contribution in [1.82, 2.24) is 29.9 Å². The molecule has 2 aromatic heterocycles. The number of hydrogen-bond acceptors (Lipinski definition) is 19. The molecule has 2 rings (SSSR count). The van der Waals surface area contributed by atoms with E-state index in [-0.39, 0.29) is 35.7 Å². The Labute approximate surface area is 196 Å². The third-order valence-electron chi connectivity index (χ3n) is 3.12. The van der Waals surface area contributed by atoms with Gasteiger partial charge >= 0.3 is 15.6 Å². The van der Waals surface area contributed by atoms with E-state index in [2.05, 4.69) is 38.7 Å². The van der Waals surface area contributed by atoms with Crippen LogP contribution in [0, 0.1) is 5.41 Å². The Kier molecular flexibility index (Phi) is 12.6. The van der Waals surface area contributed by atoms with Crippen LogP contribution in [0.5, 0.6) is 0 Å². The second-order valence-corrected chi connectivity index (χ2v) is 8.94. The van der Waals surface area contributed by atoms with Crippen molar-refractivity contribution in [3.05, 3.63) is 0 Å². The number of aromatic nitrogens is 6. The summed E-state index contributed by atoms with van der Waals surface area (Å²) in [5.41, 5.74) is 29.2. The number of nitrogens with two attached hydrogens (primary N) is 6. The first-order valence-electron chi connectivity index (χ1n) is 8.58. The van der Waals surface area contributed by atoms with Crippen LogP contribution in [-0.2, 0) is 18.0 Å². The first-order valence-corrected chi connectivity index (χ1v) is 11.6. The van der Waals surface area contributed by atoms with Crippen molar-refractivity contribution in [1.29, 1.82) is 0 Å². The van der Waals surface area contributed by atoms with E-state index in [0.29, 0.717) is 0 Å². The maximum atomic E-state index is 11.0. The molecule has 0 bridgehead atoms. The van der Waals surface area contributed by atoms with Crippen LogP contribution in [0.3, 0.4) is 0 Å². The summed E-state index contributed by atoms with van der Waals surface area (Å²) < 4.78 is 28.9.